The van der Waals surface area contributed by atoms with Crippen LogP contribution in [0.4, 0.5) is 0 Å². The zero-order chi connectivity index (χ0) is 12.0. The fourth-order valence-corrected chi connectivity index (χ4v) is 1.70. The van der Waals surface area contributed by atoms with E-state index in [4.69, 9.17) is 22.2 Å². The molecule has 0 aliphatic heterocycles. The summed E-state index contributed by atoms with van der Waals surface area (Å²) >= 11 is 9.42. The highest BCUT2D eigenvalue weighted by Gasteiger charge is 2.07. The highest BCUT2D eigenvalue weighted by atomic mass is 79.9. The predicted octanol–water partition coefficient (Wildman–Crippen LogP) is 1.96. The number of hydrazine groups is 1. The van der Waals surface area contributed by atoms with Gasteiger partial charge in [0.2, 0.25) is 0 Å². The lowest BCUT2D eigenvalue weighted by Gasteiger charge is -2.08. The van der Waals surface area contributed by atoms with E-state index in [1.54, 1.807) is 13.2 Å². The number of aliphatic imine (C=N–C) groups is 1. The first-order valence-corrected chi connectivity index (χ1v) is 5.81. The zero-order valence-corrected chi connectivity index (χ0v) is 11.2. The van der Waals surface area contributed by atoms with Crippen molar-refractivity contribution in [3.63, 3.8) is 0 Å². The molecule has 4 nitrogen and oxygen atoms in total. The van der Waals surface area contributed by atoms with Gasteiger partial charge >= 0.3 is 0 Å². The second-order valence-electron chi connectivity index (χ2n) is 2.99. The van der Waals surface area contributed by atoms with Gasteiger partial charge in [-0.3, -0.25) is 4.99 Å². The van der Waals surface area contributed by atoms with Crippen LogP contribution in [0.3, 0.4) is 0 Å². The maximum atomic E-state index is 6.05. The number of hydrogen-bond acceptors (Lipinski definition) is 3. The SMILES string of the molecule is COCCN=C(NN)c1cc(Br)ccc1Cl. The number of halogens is 2. The lowest BCUT2D eigenvalue weighted by Crippen LogP contribution is -2.31. The lowest BCUT2D eigenvalue weighted by atomic mass is 10.2. The van der Waals surface area contributed by atoms with Crippen LogP contribution >= 0.6 is 27.5 Å². The molecule has 0 heterocycles. The molecule has 0 fully saturated rings. The van der Waals surface area contributed by atoms with E-state index in [0.29, 0.717) is 24.0 Å². The van der Waals surface area contributed by atoms with Crippen LogP contribution in [-0.2, 0) is 4.74 Å². The Morgan fingerprint density at radius 1 is 1.62 bits per heavy atom. The maximum absolute atomic E-state index is 6.05. The van der Waals surface area contributed by atoms with Crippen LogP contribution in [0.1, 0.15) is 5.56 Å². The topological polar surface area (TPSA) is 59.6 Å². The summed E-state index contributed by atoms with van der Waals surface area (Å²) in [5.74, 6) is 5.96. The van der Waals surface area contributed by atoms with Crippen molar-refractivity contribution in [1.29, 1.82) is 0 Å². The van der Waals surface area contributed by atoms with Gasteiger partial charge in [0, 0.05) is 17.1 Å². The van der Waals surface area contributed by atoms with Crippen molar-refractivity contribution in [2.45, 2.75) is 0 Å². The minimum absolute atomic E-state index is 0.527. The van der Waals surface area contributed by atoms with E-state index in [1.165, 1.54) is 0 Å². The minimum Gasteiger partial charge on any atom is -0.383 e. The van der Waals surface area contributed by atoms with E-state index in [0.717, 1.165) is 10.0 Å². The number of hydrogen-bond donors (Lipinski definition) is 2. The Hall–Kier alpha value is -0.620. The summed E-state index contributed by atoms with van der Waals surface area (Å²) in [4.78, 5) is 4.25. The maximum Gasteiger partial charge on any atom is 0.144 e. The number of nitrogens with one attached hydrogen (secondary N) is 1. The molecule has 16 heavy (non-hydrogen) atoms. The quantitative estimate of drug-likeness (QED) is 0.294. The number of ether oxygens (including phenoxy) is 1. The summed E-state index contributed by atoms with van der Waals surface area (Å²) in [7, 11) is 1.62. The Morgan fingerprint density at radius 3 is 3.00 bits per heavy atom. The van der Waals surface area contributed by atoms with Gasteiger partial charge in [0.1, 0.15) is 5.84 Å². The summed E-state index contributed by atoms with van der Waals surface area (Å²) in [5, 5.41) is 0.595. The largest absolute Gasteiger partial charge is 0.383 e. The van der Waals surface area contributed by atoms with Crippen LogP contribution in [0.25, 0.3) is 0 Å². The van der Waals surface area contributed by atoms with E-state index < -0.39 is 0 Å². The van der Waals surface area contributed by atoms with Gasteiger partial charge in [-0.2, -0.15) is 0 Å². The Bertz CT molecular complexity index is 384. The van der Waals surface area contributed by atoms with Crippen molar-refractivity contribution >= 4 is 33.4 Å². The number of nitrogens with zero attached hydrogens (tertiary/aromatic N) is 1. The first-order valence-electron chi connectivity index (χ1n) is 4.64. The molecule has 0 atom stereocenters. The van der Waals surface area contributed by atoms with Crippen LogP contribution < -0.4 is 11.3 Å². The lowest BCUT2D eigenvalue weighted by molar-refractivity contribution is 0.208. The third-order valence-electron chi connectivity index (χ3n) is 1.89. The number of amidine groups is 1. The molecule has 88 valence electrons. The smallest absolute Gasteiger partial charge is 0.144 e. The van der Waals surface area contributed by atoms with E-state index in [9.17, 15) is 0 Å². The fraction of sp³-hybridized carbons (Fsp3) is 0.300. The molecule has 1 aromatic rings. The highest BCUT2D eigenvalue weighted by Crippen LogP contribution is 2.21. The van der Waals surface area contributed by atoms with Gasteiger partial charge in [-0.05, 0) is 18.2 Å². The van der Waals surface area contributed by atoms with Crippen molar-refractivity contribution in [1.82, 2.24) is 5.43 Å². The molecule has 0 saturated heterocycles. The number of rotatable bonds is 4. The summed E-state index contributed by atoms with van der Waals surface area (Å²) in [6.45, 7) is 1.07. The Kier molecular flexibility index (Phi) is 5.76. The molecule has 0 aliphatic carbocycles. The standard InChI is InChI=1S/C10H13BrClN3O/c1-16-5-4-14-10(15-13)8-6-7(11)2-3-9(8)12/h2-3,6H,4-5,13H2,1H3,(H,14,15). The van der Waals surface area contributed by atoms with E-state index >= 15 is 0 Å². The average molecular weight is 307 g/mol. The van der Waals surface area contributed by atoms with Crippen molar-refractivity contribution < 1.29 is 4.74 Å². The molecule has 6 heteroatoms. The molecule has 0 bridgehead atoms. The summed E-state index contributed by atoms with van der Waals surface area (Å²) in [6.07, 6.45) is 0. The molecule has 1 rings (SSSR count). The normalized spacial score (nSPS) is 11.6. The van der Waals surface area contributed by atoms with Crippen molar-refractivity contribution in [3.05, 3.63) is 33.3 Å². The Morgan fingerprint density at radius 2 is 2.38 bits per heavy atom. The molecule has 0 amide bonds. The van der Waals surface area contributed by atoms with E-state index in [1.807, 2.05) is 12.1 Å². The third-order valence-corrected chi connectivity index (χ3v) is 2.71. The monoisotopic (exact) mass is 305 g/mol. The van der Waals surface area contributed by atoms with Crippen LogP contribution in [0.15, 0.2) is 27.7 Å². The van der Waals surface area contributed by atoms with Gasteiger partial charge < -0.3 is 10.2 Å². The van der Waals surface area contributed by atoms with Gasteiger partial charge in [-0.15, -0.1) is 0 Å². The Balaban J connectivity index is 2.94. The predicted molar refractivity (Wildman–Crippen MR) is 69.8 cm³/mol. The first kappa shape index (κ1) is 13.4. The summed E-state index contributed by atoms with van der Waals surface area (Å²) < 4.78 is 5.83. The number of methoxy groups -OCH3 is 1. The van der Waals surface area contributed by atoms with Gasteiger partial charge in [-0.25, -0.2) is 5.84 Å². The van der Waals surface area contributed by atoms with Crippen molar-refractivity contribution in [3.8, 4) is 0 Å². The molecule has 0 unspecified atom stereocenters. The van der Waals surface area contributed by atoms with Gasteiger partial charge in [0.05, 0.1) is 18.2 Å². The molecule has 0 radical (unpaired) electrons. The Labute approximate surface area is 108 Å². The summed E-state index contributed by atoms with van der Waals surface area (Å²) in [5.41, 5.74) is 3.29. The highest BCUT2D eigenvalue weighted by molar-refractivity contribution is 9.10. The van der Waals surface area contributed by atoms with Gasteiger partial charge in [0.15, 0.2) is 0 Å². The van der Waals surface area contributed by atoms with Gasteiger partial charge in [0.25, 0.3) is 0 Å². The summed E-state index contributed by atoms with van der Waals surface area (Å²) in [6, 6.07) is 5.49. The second-order valence-corrected chi connectivity index (χ2v) is 4.31. The molecule has 0 spiro atoms. The average Bonchev–Trinajstić information content (AvgIpc) is 2.28. The molecule has 3 N–H and O–H groups in total. The minimum atomic E-state index is 0.527. The van der Waals surface area contributed by atoms with Crippen molar-refractivity contribution in [2.24, 2.45) is 10.8 Å². The van der Waals surface area contributed by atoms with Gasteiger partial charge in [-0.1, -0.05) is 27.5 Å². The molecular weight excluding hydrogens is 293 g/mol. The number of benzene rings is 1. The number of nitrogens with two attached hydrogens (primary N) is 1. The van der Waals surface area contributed by atoms with Crippen LogP contribution in [0, 0.1) is 0 Å². The first-order chi connectivity index (χ1) is 7.69. The zero-order valence-electron chi connectivity index (χ0n) is 8.84. The van der Waals surface area contributed by atoms with Crippen LogP contribution in [0.2, 0.25) is 5.02 Å². The molecule has 0 aromatic heterocycles. The van der Waals surface area contributed by atoms with E-state index in [2.05, 4.69) is 26.3 Å². The van der Waals surface area contributed by atoms with Crippen molar-refractivity contribution in [2.75, 3.05) is 20.3 Å². The molecule has 0 saturated carbocycles. The third kappa shape index (κ3) is 3.75. The molecule has 1 aromatic carbocycles. The van der Waals surface area contributed by atoms with Crippen LogP contribution in [-0.4, -0.2) is 26.1 Å². The van der Waals surface area contributed by atoms with E-state index in [-0.39, 0.29) is 0 Å². The fourth-order valence-electron chi connectivity index (χ4n) is 1.14. The molecule has 0 aliphatic rings. The molecular formula is C10H13BrClN3O. The second kappa shape index (κ2) is 6.85. The van der Waals surface area contributed by atoms with Crippen LogP contribution in [0.5, 0.6) is 0 Å².